The summed E-state index contributed by atoms with van der Waals surface area (Å²) in [7, 11) is 1.72. The predicted octanol–water partition coefficient (Wildman–Crippen LogP) is 6.76. The lowest BCUT2D eigenvalue weighted by Crippen LogP contribution is -2.11. The first-order valence-electron chi connectivity index (χ1n) is 9.75. The van der Waals surface area contributed by atoms with Crippen molar-refractivity contribution in [2.45, 2.75) is 44.9 Å². The van der Waals surface area contributed by atoms with Gasteiger partial charge in [0.2, 0.25) is 0 Å². The van der Waals surface area contributed by atoms with Gasteiger partial charge >= 0.3 is 0 Å². The van der Waals surface area contributed by atoms with Crippen LogP contribution in [0.5, 0.6) is 5.75 Å². The number of rotatable bonds is 6. The molecule has 0 N–H and O–H groups in total. The molecule has 27 heavy (non-hydrogen) atoms. The van der Waals surface area contributed by atoms with Crippen LogP contribution in [0, 0.1) is 0 Å². The Bertz CT molecular complexity index is 824. The second-order valence-electron chi connectivity index (χ2n) is 8.22. The quantitative estimate of drug-likeness (QED) is 0.473. The standard InChI is InChI=1S/C26H30O/c1-26(2,3)23-15-11-21(12-16-23)25(19-10-20-8-6-5-7-9-20)22-13-17-24(27-4)18-14-22/h5-9,11-18,25H,10,19H2,1-4H3. The third-order valence-electron chi connectivity index (χ3n) is 5.26. The van der Waals surface area contributed by atoms with Crippen molar-refractivity contribution in [3.63, 3.8) is 0 Å². The van der Waals surface area contributed by atoms with Crippen molar-refractivity contribution in [2.24, 2.45) is 0 Å². The molecule has 0 fully saturated rings. The zero-order chi connectivity index (χ0) is 19.3. The molecule has 0 aliphatic carbocycles. The first-order valence-corrected chi connectivity index (χ1v) is 9.75. The SMILES string of the molecule is COc1ccc(C(CCc2ccccc2)c2ccc(C(C)(C)C)cc2)cc1. The van der Waals surface area contributed by atoms with Crippen molar-refractivity contribution in [3.8, 4) is 5.75 Å². The first kappa shape index (κ1) is 19.2. The molecule has 0 spiro atoms. The fraction of sp³-hybridized carbons (Fsp3) is 0.308. The third-order valence-corrected chi connectivity index (χ3v) is 5.26. The summed E-state index contributed by atoms with van der Waals surface area (Å²) in [4.78, 5) is 0. The molecule has 0 aromatic heterocycles. The summed E-state index contributed by atoms with van der Waals surface area (Å²) >= 11 is 0. The topological polar surface area (TPSA) is 9.23 Å². The highest BCUT2D eigenvalue weighted by atomic mass is 16.5. The van der Waals surface area contributed by atoms with Gasteiger partial charge in [0, 0.05) is 5.92 Å². The van der Waals surface area contributed by atoms with Crippen molar-refractivity contribution in [1.82, 2.24) is 0 Å². The van der Waals surface area contributed by atoms with Crippen LogP contribution in [0.15, 0.2) is 78.9 Å². The lowest BCUT2D eigenvalue weighted by atomic mass is 9.82. The van der Waals surface area contributed by atoms with Crippen LogP contribution in [0.4, 0.5) is 0 Å². The molecule has 3 aromatic carbocycles. The maximum atomic E-state index is 5.34. The van der Waals surface area contributed by atoms with Crippen LogP contribution in [-0.4, -0.2) is 7.11 Å². The Kier molecular flexibility index (Phi) is 6.01. The summed E-state index contributed by atoms with van der Waals surface area (Å²) in [5.74, 6) is 1.29. The van der Waals surface area contributed by atoms with Crippen LogP contribution in [0.1, 0.15) is 55.4 Å². The van der Waals surface area contributed by atoms with Crippen molar-refractivity contribution in [3.05, 3.63) is 101 Å². The largest absolute Gasteiger partial charge is 0.497 e. The van der Waals surface area contributed by atoms with Gasteiger partial charge in [-0.2, -0.15) is 0 Å². The minimum atomic E-state index is 0.179. The summed E-state index contributed by atoms with van der Waals surface area (Å²) in [5, 5.41) is 0. The lowest BCUT2D eigenvalue weighted by molar-refractivity contribution is 0.414. The van der Waals surface area contributed by atoms with E-state index in [1.807, 2.05) is 0 Å². The molecule has 140 valence electrons. The molecule has 0 aliphatic rings. The third kappa shape index (κ3) is 5.01. The fourth-order valence-electron chi connectivity index (χ4n) is 3.53. The van der Waals surface area contributed by atoms with Gasteiger partial charge in [-0.15, -0.1) is 0 Å². The van der Waals surface area contributed by atoms with Crippen LogP contribution >= 0.6 is 0 Å². The van der Waals surface area contributed by atoms with Crippen LogP contribution in [0.2, 0.25) is 0 Å². The van der Waals surface area contributed by atoms with Gasteiger partial charge in [0.1, 0.15) is 5.75 Å². The Morgan fingerprint density at radius 1 is 0.741 bits per heavy atom. The Morgan fingerprint density at radius 3 is 1.81 bits per heavy atom. The van der Waals surface area contributed by atoms with E-state index in [4.69, 9.17) is 4.74 Å². The van der Waals surface area contributed by atoms with Crippen molar-refractivity contribution in [2.75, 3.05) is 7.11 Å². The molecule has 0 saturated carbocycles. The smallest absolute Gasteiger partial charge is 0.118 e. The molecule has 3 aromatic rings. The zero-order valence-electron chi connectivity index (χ0n) is 16.9. The van der Waals surface area contributed by atoms with Gasteiger partial charge in [-0.05, 0) is 52.6 Å². The van der Waals surface area contributed by atoms with E-state index >= 15 is 0 Å². The number of hydrogen-bond acceptors (Lipinski definition) is 1. The number of ether oxygens (including phenoxy) is 1. The Labute approximate surface area is 164 Å². The number of methoxy groups -OCH3 is 1. The fourth-order valence-corrected chi connectivity index (χ4v) is 3.53. The predicted molar refractivity (Wildman–Crippen MR) is 115 cm³/mol. The molecule has 0 aliphatic heterocycles. The van der Waals surface area contributed by atoms with E-state index in [0.717, 1.165) is 18.6 Å². The molecule has 1 atom stereocenters. The molecule has 1 nitrogen and oxygen atoms in total. The molecule has 0 heterocycles. The van der Waals surface area contributed by atoms with Gasteiger partial charge in [-0.25, -0.2) is 0 Å². The van der Waals surface area contributed by atoms with Crippen molar-refractivity contribution < 1.29 is 4.74 Å². The van der Waals surface area contributed by atoms with Gasteiger partial charge in [-0.3, -0.25) is 0 Å². The second kappa shape index (κ2) is 8.43. The maximum absolute atomic E-state index is 5.34. The molecule has 1 unspecified atom stereocenters. The van der Waals surface area contributed by atoms with E-state index in [1.165, 1.54) is 22.3 Å². The summed E-state index contributed by atoms with van der Waals surface area (Å²) in [6.07, 6.45) is 2.16. The van der Waals surface area contributed by atoms with Crippen molar-refractivity contribution >= 4 is 0 Å². The molecule has 0 amide bonds. The normalized spacial score (nSPS) is 12.6. The number of hydrogen-bond donors (Lipinski definition) is 0. The summed E-state index contributed by atoms with van der Waals surface area (Å²) in [6.45, 7) is 6.79. The molecule has 0 bridgehead atoms. The Balaban J connectivity index is 1.88. The highest BCUT2D eigenvalue weighted by Crippen LogP contribution is 2.32. The van der Waals surface area contributed by atoms with E-state index < -0.39 is 0 Å². The first-order chi connectivity index (χ1) is 13.0. The van der Waals surface area contributed by atoms with Gasteiger partial charge in [0.15, 0.2) is 0 Å². The average Bonchev–Trinajstić information content (AvgIpc) is 2.69. The Morgan fingerprint density at radius 2 is 1.30 bits per heavy atom. The van der Waals surface area contributed by atoms with E-state index in [2.05, 4.69) is 99.6 Å². The summed E-state index contributed by atoms with van der Waals surface area (Å²) < 4.78 is 5.34. The van der Waals surface area contributed by atoms with E-state index in [1.54, 1.807) is 7.11 Å². The van der Waals surface area contributed by atoms with Crippen LogP contribution in [0.3, 0.4) is 0 Å². The molecular formula is C26H30O. The zero-order valence-corrected chi connectivity index (χ0v) is 16.9. The van der Waals surface area contributed by atoms with Gasteiger partial charge in [-0.1, -0.05) is 87.5 Å². The van der Waals surface area contributed by atoms with Gasteiger partial charge in [0.25, 0.3) is 0 Å². The van der Waals surface area contributed by atoms with E-state index in [9.17, 15) is 0 Å². The number of aryl methyl sites for hydroxylation is 1. The van der Waals surface area contributed by atoms with Crippen molar-refractivity contribution in [1.29, 1.82) is 0 Å². The Hall–Kier alpha value is -2.54. The molecule has 0 radical (unpaired) electrons. The lowest BCUT2D eigenvalue weighted by Gasteiger charge is -2.22. The van der Waals surface area contributed by atoms with Crippen LogP contribution in [0.25, 0.3) is 0 Å². The molecule has 0 saturated heterocycles. The van der Waals surface area contributed by atoms with Crippen LogP contribution in [-0.2, 0) is 11.8 Å². The highest BCUT2D eigenvalue weighted by molar-refractivity contribution is 5.38. The van der Waals surface area contributed by atoms with Crippen LogP contribution < -0.4 is 4.74 Å². The average molecular weight is 359 g/mol. The minimum absolute atomic E-state index is 0.179. The summed E-state index contributed by atoms with van der Waals surface area (Å²) in [6, 6.07) is 28.5. The van der Waals surface area contributed by atoms with E-state index in [-0.39, 0.29) is 5.41 Å². The second-order valence-corrected chi connectivity index (χ2v) is 8.22. The van der Waals surface area contributed by atoms with Gasteiger partial charge < -0.3 is 4.74 Å². The molecule has 3 rings (SSSR count). The summed E-state index contributed by atoms with van der Waals surface area (Å²) in [5.41, 5.74) is 5.67. The van der Waals surface area contributed by atoms with Gasteiger partial charge in [0.05, 0.1) is 7.11 Å². The highest BCUT2D eigenvalue weighted by Gasteiger charge is 2.17. The monoisotopic (exact) mass is 358 g/mol. The minimum Gasteiger partial charge on any atom is -0.497 e. The molecule has 1 heteroatoms. The van der Waals surface area contributed by atoms with E-state index in [0.29, 0.717) is 5.92 Å². The molecular weight excluding hydrogens is 328 g/mol. The maximum Gasteiger partial charge on any atom is 0.118 e. The number of benzene rings is 3.